The highest BCUT2D eigenvalue weighted by Gasteiger charge is 2.28. The smallest absolute Gasteiger partial charge is 0.260 e. The van der Waals surface area contributed by atoms with Crippen molar-refractivity contribution in [2.75, 3.05) is 19.7 Å². The van der Waals surface area contributed by atoms with Crippen molar-refractivity contribution in [3.05, 3.63) is 48.9 Å². The van der Waals surface area contributed by atoms with E-state index in [1.165, 1.54) is 6.33 Å². The average Bonchev–Trinajstić information content (AvgIpc) is 3.03. The van der Waals surface area contributed by atoms with Crippen molar-refractivity contribution in [2.45, 2.75) is 12.5 Å². The van der Waals surface area contributed by atoms with E-state index in [2.05, 4.69) is 9.97 Å². The fourth-order valence-electron chi connectivity index (χ4n) is 2.32. The standard InChI is InChI=1S/C16H17N3O3/c20-16(11-21-13-4-2-1-3-5-13)19-9-7-14(10-19)22-15-6-8-17-12-18-15/h1-6,8,12,14H,7,9-11H2/t14-/m1/s1. The Hall–Kier alpha value is -2.63. The van der Waals surface area contributed by atoms with Crippen LogP contribution in [0.15, 0.2) is 48.9 Å². The largest absolute Gasteiger partial charge is 0.484 e. The molecule has 1 saturated heterocycles. The van der Waals surface area contributed by atoms with Gasteiger partial charge in [-0.1, -0.05) is 18.2 Å². The van der Waals surface area contributed by atoms with Crippen LogP contribution in [0.1, 0.15) is 6.42 Å². The maximum absolute atomic E-state index is 12.1. The van der Waals surface area contributed by atoms with Crippen LogP contribution in [0.3, 0.4) is 0 Å². The number of ether oxygens (including phenoxy) is 2. The van der Waals surface area contributed by atoms with Gasteiger partial charge in [-0.2, -0.15) is 0 Å². The number of amides is 1. The Morgan fingerprint density at radius 1 is 1.27 bits per heavy atom. The van der Waals surface area contributed by atoms with E-state index < -0.39 is 0 Å². The number of nitrogens with zero attached hydrogens (tertiary/aromatic N) is 3. The van der Waals surface area contributed by atoms with Gasteiger partial charge in [0.05, 0.1) is 6.54 Å². The van der Waals surface area contributed by atoms with Gasteiger partial charge in [0.15, 0.2) is 6.61 Å². The third-order valence-corrected chi connectivity index (χ3v) is 3.45. The molecule has 0 radical (unpaired) electrons. The van der Waals surface area contributed by atoms with E-state index in [0.717, 1.165) is 6.42 Å². The summed E-state index contributed by atoms with van der Waals surface area (Å²) in [6.07, 6.45) is 3.84. The molecule has 0 aliphatic carbocycles. The topological polar surface area (TPSA) is 64.5 Å². The molecule has 0 spiro atoms. The fraction of sp³-hybridized carbons (Fsp3) is 0.312. The zero-order valence-electron chi connectivity index (χ0n) is 12.1. The number of aromatic nitrogens is 2. The fourth-order valence-corrected chi connectivity index (χ4v) is 2.32. The zero-order chi connectivity index (χ0) is 15.2. The summed E-state index contributed by atoms with van der Waals surface area (Å²) in [5, 5.41) is 0. The Kier molecular flexibility index (Phi) is 4.48. The van der Waals surface area contributed by atoms with Crippen molar-refractivity contribution in [2.24, 2.45) is 0 Å². The van der Waals surface area contributed by atoms with E-state index in [4.69, 9.17) is 9.47 Å². The summed E-state index contributed by atoms with van der Waals surface area (Å²) in [5.41, 5.74) is 0. The van der Waals surface area contributed by atoms with E-state index in [9.17, 15) is 4.79 Å². The minimum absolute atomic E-state index is 0.0300. The molecular weight excluding hydrogens is 282 g/mol. The molecule has 1 fully saturated rings. The minimum atomic E-state index is -0.0319. The minimum Gasteiger partial charge on any atom is -0.484 e. The number of para-hydroxylation sites is 1. The van der Waals surface area contributed by atoms with Crippen LogP contribution < -0.4 is 9.47 Å². The number of carbonyl (C=O) groups is 1. The van der Waals surface area contributed by atoms with Crippen LogP contribution in [-0.2, 0) is 4.79 Å². The highest BCUT2D eigenvalue weighted by Crippen LogP contribution is 2.16. The van der Waals surface area contributed by atoms with Crippen LogP contribution in [0.25, 0.3) is 0 Å². The van der Waals surface area contributed by atoms with Crippen molar-refractivity contribution in [1.82, 2.24) is 14.9 Å². The van der Waals surface area contributed by atoms with Gasteiger partial charge in [-0.05, 0) is 12.1 Å². The van der Waals surface area contributed by atoms with Crippen molar-refractivity contribution >= 4 is 5.91 Å². The summed E-state index contributed by atoms with van der Waals surface area (Å²) < 4.78 is 11.2. The first-order valence-corrected chi connectivity index (χ1v) is 7.19. The molecule has 0 unspecified atom stereocenters. The molecule has 0 saturated carbocycles. The Morgan fingerprint density at radius 2 is 2.14 bits per heavy atom. The summed E-state index contributed by atoms with van der Waals surface area (Å²) in [4.78, 5) is 21.8. The monoisotopic (exact) mass is 299 g/mol. The van der Waals surface area contributed by atoms with Gasteiger partial charge in [0.25, 0.3) is 5.91 Å². The van der Waals surface area contributed by atoms with E-state index in [1.54, 1.807) is 17.2 Å². The predicted molar refractivity (Wildman–Crippen MR) is 79.6 cm³/mol. The van der Waals surface area contributed by atoms with Crippen LogP contribution in [0, 0.1) is 0 Å². The Morgan fingerprint density at radius 3 is 2.91 bits per heavy atom. The highest BCUT2D eigenvalue weighted by molar-refractivity contribution is 5.78. The maximum atomic E-state index is 12.1. The van der Waals surface area contributed by atoms with Crippen LogP contribution >= 0.6 is 0 Å². The lowest BCUT2D eigenvalue weighted by atomic mass is 10.3. The third-order valence-electron chi connectivity index (χ3n) is 3.45. The van der Waals surface area contributed by atoms with E-state index >= 15 is 0 Å². The molecule has 6 heteroatoms. The summed E-state index contributed by atoms with van der Waals surface area (Å²) in [7, 11) is 0. The molecule has 2 heterocycles. The van der Waals surface area contributed by atoms with Gasteiger partial charge in [0.1, 0.15) is 18.2 Å². The van der Waals surface area contributed by atoms with Gasteiger partial charge in [-0.25, -0.2) is 9.97 Å². The predicted octanol–water partition coefficient (Wildman–Crippen LogP) is 1.54. The lowest BCUT2D eigenvalue weighted by molar-refractivity contribution is -0.132. The van der Waals surface area contributed by atoms with Gasteiger partial charge in [-0.3, -0.25) is 4.79 Å². The second-order valence-electron chi connectivity index (χ2n) is 5.02. The van der Waals surface area contributed by atoms with E-state index in [0.29, 0.717) is 24.7 Å². The molecule has 22 heavy (non-hydrogen) atoms. The number of carbonyl (C=O) groups excluding carboxylic acids is 1. The second-order valence-corrected chi connectivity index (χ2v) is 5.02. The molecule has 6 nitrogen and oxygen atoms in total. The molecule has 1 aromatic heterocycles. The number of likely N-dealkylation sites (tertiary alicyclic amines) is 1. The molecule has 1 aromatic carbocycles. The number of hydrogen-bond donors (Lipinski definition) is 0. The van der Waals surface area contributed by atoms with Crippen LogP contribution in [0.5, 0.6) is 11.6 Å². The third kappa shape index (κ3) is 3.72. The van der Waals surface area contributed by atoms with E-state index in [1.807, 2.05) is 30.3 Å². The normalized spacial score (nSPS) is 17.3. The molecule has 1 aliphatic rings. The van der Waals surface area contributed by atoms with Crippen molar-refractivity contribution < 1.29 is 14.3 Å². The highest BCUT2D eigenvalue weighted by atomic mass is 16.5. The van der Waals surface area contributed by atoms with Gasteiger partial charge in [0, 0.05) is 25.2 Å². The molecule has 1 amide bonds. The first-order valence-electron chi connectivity index (χ1n) is 7.19. The Labute approximate surface area is 128 Å². The second kappa shape index (κ2) is 6.89. The maximum Gasteiger partial charge on any atom is 0.260 e. The molecule has 0 bridgehead atoms. The molecule has 0 N–H and O–H groups in total. The lowest BCUT2D eigenvalue weighted by Crippen LogP contribution is -2.34. The first kappa shape index (κ1) is 14.3. The van der Waals surface area contributed by atoms with Gasteiger partial charge in [-0.15, -0.1) is 0 Å². The van der Waals surface area contributed by atoms with Crippen LogP contribution in [0.2, 0.25) is 0 Å². The van der Waals surface area contributed by atoms with Crippen molar-refractivity contribution in [3.63, 3.8) is 0 Å². The molecular formula is C16H17N3O3. The zero-order valence-corrected chi connectivity index (χ0v) is 12.1. The molecule has 1 atom stereocenters. The first-order chi connectivity index (χ1) is 10.8. The molecule has 114 valence electrons. The van der Waals surface area contributed by atoms with Gasteiger partial charge in [0.2, 0.25) is 5.88 Å². The Balaban J connectivity index is 1.46. The lowest BCUT2D eigenvalue weighted by Gasteiger charge is -2.17. The summed E-state index contributed by atoms with van der Waals surface area (Å²) in [5.74, 6) is 1.20. The number of benzene rings is 1. The van der Waals surface area contributed by atoms with Crippen LogP contribution in [-0.4, -0.2) is 46.6 Å². The van der Waals surface area contributed by atoms with E-state index in [-0.39, 0.29) is 18.6 Å². The van der Waals surface area contributed by atoms with Gasteiger partial charge >= 0.3 is 0 Å². The molecule has 1 aliphatic heterocycles. The Bertz CT molecular complexity index is 607. The number of rotatable bonds is 5. The molecule has 2 aromatic rings. The molecule has 3 rings (SSSR count). The SMILES string of the molecule is O=C(COc1ccccc1)N1CC[C@@H](Oc2ccncn2)C1. The average molecular weight is 299 g/mol. The summed E-state index contributed by atoms with van der Waals surface area (Å²) in [6, 6.07) is 11.0. The number of hydrogen-bond acceptors (Lipinski definition) is 5. The summed E-state index contributed by atoms with van der Waals surface area (Å²) in [6.45, 7) is 1.28. The van der Waals surface area contributed by atoms with Gasteiger partial charge < -0.3 is 14.4 Å². The van der Waals surface area contributed by atoms with Crippen molar-refractivity contribution in [1.29, 1.82) is 0 Å². The van der Waals surface area contributed by atoms with Crippen LogP contribution in [0.4, 0.5) is 0 Å². The van der Waals surface area contributed by atoms with Crippen molar-refractivity contribution in [3.8, 4) is 11.6 Å². The summed E-state index contributed by atoms with van der Waals surface area (Å²) >= 11 is 0. The quantitative estimate of drug-likeness (QED) is 0.838.